The van der Waals surface area contributed by atoms with Crippen molar-refractivity contribution in [1.82, 2.24) is 15.5 Å². The van der Waals surface area contributed by atoms with Crippen LogP contribution in [0.15, 0.2) is 24.0 Å². The number of amides is 2. The third kappa shape index (κ3) is 4.78. The molecule has 2 aliphatic carbocycles. The van der Waals surface area contributed by atoms with Gasteiger partial charge in [-0.1, -0.05) is 6.07 Å². The molecule has 2 heterocycles. The zero-order valence-corrected chi connectivity index (χ0v) is 23.8. The molecule has 0 aromatic heterocycles. The largest absolute Gasteiger partial charge is 0.504 e. The van der Waals surface area contributed by atoms with E-state index in [1.807, 2.05) is 13.1 Å². The first-order valence-electron chi connectivity index (χ1n) is 14.2. The minimum absolute atomic E-state index is 0.0149. The highest BCUT2D eigenvalue weighted by atomic mass is 16.6. The monoisotopic (exact) mass is 587 g/mol. The summed E-state index contributed by atoms with van der Waals surface area (Å²) in [6, 6.07) is 3.17. The van der Waals surface area contributed by atoms with Gasteiger partial charge in [-0.3, -0.25) is 24.1 Å². The number of likely N-dealkylation sites (tertiary alicyclic amines) is 1. The van der Waals surface area contributed by atoms with Gasteiger partial charge in [0.15, 0.2) is 17.6 Å². The number of benzene rings is 1. The van der Waals surface area contributed by atoms with Crippen LogP contribution in [0.1, 0.15) is 50.7 Å². The lowest BCUT2D eigenvalue weighted by atomic mass is 9.50. The molecule has 1 spiro atoms. The summed E-state index contributed by atoms with van der Waals surface area (Å²) in [6.07, 6.45) is -0.630. The second-order valence-electron chi connectivity index (χ2n) is 11.4. The van der Waals surface area contributed by atoms with E-state index in [0.717, 1.165) is 11.1 Å². The Kier molecular flexibility index (Phi) is 7.94. The van der Waals surface area contributed by atoms with E-state index in [-0.39, 0.29) is 55.7 Å². The summed E-state index contributed by atoms with van der Waals surface area (Å²) in [4.78, 5) is 51.7. The molecule has 6 atom stereocenters. The maximum absolute atomic E-state index is 13.3. The quantitative estimate of drug-likeness (QED) is 0.223. The SMILES string of the molecule is C[C@H](O)C(=O)NCCC(=O)OC1=CC[C@@]2(OC(=O)CCNC(=O)[C@H](C)O)[C@H]3Cc4ccc(O)c5c4C2(CCN3C)C1O5. The Balaban J connectivity index is 1.46. The molecule has 42 heavy (non-hydrogen) atoms. The van der Waals surface area contributed by atoms with Crippen molar-refractivity contribution in [3.05, 3.63) is 35.1 Å². The lowest BCUT2D eigenvalue weighted by molar-refractivity contribution is -0.206. The van der Waals surface area contributed by atoms with E-state index in [0.29, 0.717) is 19.4 Å². The van der Waals surface area contributed by atoms with Crippen LogP contribution in [0.5, 0.6) is 11.5 Å². The first-order valence-corrected chi connectivity index (χ1v) is 14.2. The van der Waals surface area contributed by atoms with Gasteiger partial charge in [0.2, 0.25) is 11.8 Å². The Hall–Kier alpha value is -3.68. The maximum Gasteiger partial charge on any atom is 0.312 e. The second-order valence-corrected chi connectivity index (χ2v) is 11.4. The number of esters is 2. The second kappa shape index (κ2) is 11.2. The van der Waals surface area contributed by atoms with Crippen molar-refractivity contribution in [2.75, 3.05) is 26.7 Å². The van der Waals surface area contributed by atoms with E-state index in [1.54, 1.807) is 12.1 Å². The fourth-order valence-electron chi connectivity index (χ4n) is 6.91. The Labute approximate surface area is 242 Å². The van der Waals surface area contributed by atoms with Gasteiger partial charge < -0.3 is 40.2 Å². The van der Waals surface area contributed by atoms with E-state index in [2.05, 4.69) is 15.5 Å². The average molecular weight is 588 g/mol. The summed E-state index contributed by atoms with van der Waals surface area (Å²) < 4.78 is 18.6. The Morgan fingerprint density at radius 3 is 2.36 bits per heavy atom. The number of aromatic hydroxyl groups is 1. The molecule has 1 aromatic rings. The van der Waals surface area contributed by atoms with E-state index in [9.17, 15) is 34.5 Å². The molecule has 2 amide bonds. The fraction of sp³-hybridized carbons (Fsp3) is 0.586. The smallest absolute Gasteiger partial charge is 0.312 e. The van der Waals surface area contributed by atoms with Gasteiger partial charge >= 0.3 is 11.9 Å². The summed E-state index contributed by atoms with van der Waals surface area (Å²) in [7, 11) is 1.97. The molecule has 2 aliphatic heterocycles. The molecule has 4 aliphatic rings. The number of ether oxygens (including phenoxy) is 3. The summed E-state index contributed by atoms with van der Waals surface area (Å²) in [5, 5.41) is 34.6. The first kappa shape index (κ1) is 29.8. The number of carbonyl (C=O) groups is 4. The highest BCUT2D eigenvalue weighted by molar-refractivity contribution is 5.81. The number of aliphatic hydroxyl groups is 2. The van der Waals surface area contributed by atoms with E-state index in [4.69, 9.17) is 14.2 Å². The zero-order chi connectivity index (χ0) is 30.4. The van der Waals surface area contributed by atoms with Crippen LogP contribution >= 0.6 is 0 Å². The van der Waals surface area contributed by atoms with Gasteiger partial charge in [0.25, 0.3) is 0 Å². The van der Waals surface area contributed by atoms with Gasteiger partial charge in [-0.25, -0.2) is 0 Å². The molecule has 5 rings (SSSR count). The third-order valence-electron chi connectivity index (χ3n) is 8.86. The van der Waals surface area contributed by atoms with Gasteiger partial charge in [0, 0.05) is 25.1 Å². The van der Waals surface area contributed by atoms with Crippen LogP contribution in [0.2, 0.25) is 0 Å². The van der Waals surface area contributed by atoms with Crippen LogP contribution in [0, 0.1) is 0 Å². The van der Waals surface area contributed by atoms with Crippen molar-refractivity contribution in [2.24, 2.45) is 0 Å². The van der Waals surface area contributed by atoms with Gasteiger partial charge in [0.05, 0.1) is 24.3 Å². The van der Waals surface area contributed by atoms with E-state index >= 15 is 0 Å². The van der Waals surface area contributed by atoms with Gasteiger partial charge in [-0.15, -0.1) is 0 Å². The lowest BCUT2D eigenvalue weighted by Crippen LogP contribution is -2.75. The van der Waals surface area contributed by atoms with Crippen molar-refractivity contribution in [3.63, 3.8) is 0 Å². The predicted octanol–water partition coefficient (Wildman–Crippen LogP) is -0.462. The van der Waals surface area contributed by atoms with Crippen LogP contribution in [0.4, 0.5) is 0 Å². The zero-order valence-electron chi connectivity index (χ0n) is 23.8. The molecular weight excluding hydrogens is 550 g/mol. The van der Waals surface area contributed by atoms with Gasteiger partial charge in [0.1, 0.15) is 23.6 Å². The summed E-state index contributed by atoms with van der Waals surface area (Å²) in [6.45, 7) is 3.24. The highest BCUT2D eigenvalue weighted by Gasteiger charge is 2.74. The standard InChI is InChI=1S/C29H37N3O10/c1-15(33)26(38)30-11-7-21(36)40-19-6-9-29(42-22(37)8-12-31-27(39)16(2)34)20-14-17-4-5-18(35)24-23(17)28(29,25(19)41-24)10-13-32(20)3/h4-6,15-16,20,25,33-35H,7-14H2,1-3H3,(H,30,38)(H,31,39)/t15-,16-,20+,25?,28?,29+/m0/s1. The van der Waals surface area contributed by atoms with E-state index < -0.39 is 53.1 Å². The molecule has 5 N–H and O–H groups in total. The van der Waals surface area contributed by atoms with E-state index in [1.165, 1.54) is 13.8 Å². The first-order chi connectivity index (χ1) is 19.9. The number of rotatable bonds is 10. The molecule has 1 fully saturated rings. The number of phenolic OH excluding ortho intramolecular Hbond substituents is 1. The number of hydrogen-bond acceptors (Lipinski definition) is 11. The van der Waals surface area contributed by atoms with Gasteiger partial charge in [-0.05, 0) is 58.0 Å². The number of nitrogens with zero attached hydrogens (tertiary/aromatic N) is 1. The number of phenols is 1. The maximum atomic E-state index is 13.3. The van der Waals surface area contributed by atoms with Crippen molar-refractivity contribution in [3.8, 4) is 11.5 Å². The Bertz CT molecular complexity index is 1330. The van der Waals surface area contributed by atoms with Crippen molar-refractivity contribution in [2.45, 2.75) is 81.3 Å². The molecule has 2 unspecified atom stereocenters. The third-order valence-corrected chi connectivity index (χ3v) is 8.86. The van der Waals surface area contributed by atoms with Crippen LogP contribution in [-0.2, 0) is 40.5 Å². The molecule has 228 valence electrons. The molecular formula is C29H37N3O10. The van der Waals surface area contributed by atoms with Crippen molar-refractivity contribution in [1.29, 1.82) is 0 Å². The van der Waals surface area contributed by atoms with Crippen LogP contribution in [0.3, 0.4) is 0 Å². The fourth-order valence-corrected chi connectivity index (χ4v) is 6.91. The molecule has 1 saturated heterocycles. The van der Waals surface area contributed by atoms with Gasteiger partial charge in [-0.2, -0.15) is 0 Å². The molecule has 13 heteroatoms. The number of aliphatic hydroxyl groups excluding tert-OH is 2. The molecule has 0 radical (unpaired) electrons. The predicted molar refractivity (Wildman–Crippen MR) is 145 cm³/mol. The number of hydrogen-bond donors (Lipinski definition) is 5. The molecule has 1 aromatic carbocycles. The number of carbonyl (C=O) groups excluding carboxylic acids is 4. The minimum Gasteiger partial charge on any atom is -0.504 e. The highest BCUT2D eigenvalue weighted by Crippen LogP contribution is 2.66. The summed E-state index contributed by atoms with van der Waals surface area (Å²) in [5.74, 6) is -1.91. The minimum atomic E-state index is -1.21. The Morgan fingerprint density at radius 1 is 1.07 bits per heavy atom. The number of piperidine rings is 1. The Morgan fingerprint density at radius 2 is 1.71 bits per heavy atom. The van der Waals surface area contributed by atoms with Crippen LogP contribution < -0.4 is 15.4 Å². The molecule has 13 nitrogen and oxygen atoms in total. The number of likely N-dealkylation sites (N-methyl/N-ethyl adjacent to an activating group) is 1. The van der Waals surface area contributed by atoms with Crippen molar-refractivity contribution >= 4 is 23.8 Å². The molecule has 0 saturated carbocycles. The normalized spacial score (nSPS) is 28.4. The topological polar surface area (TPSA) is 184 Å². The molecule has 2 bridgehead atoms. The summed E-state index contributed by atoms with van der Waals surface area (Å²) >= 11 is 0. The summed E-state index contributed by atoms with van der Waals surface area (Å²) in [5.41, 5.74) is -0.387. The number of nitrogens with one attached hydrogen (secondary N) is 2. The average Bonchev–Trinajstić information content (AvgIpc) is 3.29. The lowest BCUT2D eigenvalue weighted by Gasteiger charge is -2.62. The van der Waals surface area contributed by atoms with Crippen LogP contribution in [-0.4, -0.2) is 101 Å². The van der Waals surface area contributed by atoms with Crippen molar-refractivity contribution < 1.29 is 48.7 Å². The van der Waals surface area contributed by atoms with Crippen LogP contribution in [0.25, 0.3) is 0 Å².